The third-order valence-electron chi connectivity index (χ3n) is 3.42. The monoisotopic (exact) mass is 388 g/mol. The number of carbonyl (C=O) groups is 1. The first kappa shape index (κ1) is 18.0. The molecule has 0 saturated heterocycles. The summed E-state index contributed by atoms with van der Waals surface area (Å²) in [5.74, 6) is 0.667. The molecule has 132 valence electrons. The van der Waals surface area contributed by atoms with Crippen LogP contribution in [0.1, 0.15) is 10.4 Å². The summed E-state index contributed by atoms with van der Waals surface area (Å²) < 4.78 is 5.13. The molecule has 2 aromatic carbocycles. The van der Waals surface area contributed by atoms with Crippen LogP contribution in [-0.4, -0.2) is 23.0 Å². The summed E-state index contributed by atoms with van der Waals surface area (Å²) in [7, 11) is 1.56. The van der Waals surface area contributed by atoms with Crippen molar-refractivity contribution in [3.63, 3.8) is 0 Å². The van der Waals surface area contributed by atoms with E-state index in [0.717, 1.165) is 0 Å². The first-order valence-corrected chi connectivity index (χ1v) is 8.30. The number of methoxy groups -OCH3 is 1. The van der Waals surface area contributed by atoms with Gasteiger partial charge < -0.3 is 15.4 Å². The Morgan fingerprint density at radius 2 is 1.77 bits per heavy atom. The van der Waals surface area contributed by atoms with Crippen molar-refractivity contribution in [3.05, 3.63) is 70.5 Å². The van der Waals surface area contributed by atoms with Gasteiger partial charge in [-0.25, -0.2) is 9.97 Å². The second-order valence-electron chi connectivity index (χ2n) is 5.24. The van der Waals surface area contributed by atoms with Crippen molar-refractivity contribution >= 4 is 46.4 Å². The summed E-state index contributed by atoms with van der Waals surface area (Å²) >= 11 is 11.9. The lowest BCUT2D eigenvalue weighted by Crippen LogP contribution is -2.13. The number of benzene rings is 2. The SMILES string of the molecule is COc1cccc(NC(=O)c2cnc(Nc3ccc(Cl)c(Cl)c3)nc2)c1. The summed E-state index contributed by atoms with van der Waals surface area (Å²) in [5, 5.41) is 6.64. The third-order valence-corrected chi connectivity index (χ3v) is 4.16. The van der Waals surface area contributed by atoms with Gasteiger partial charge in [0.15, 0.2) is 0 Å². The second kappa shape index (κ2) is 8.03. The molecule has 26 heavy (non-hydrogen) atoms. The van der Waals surface area contributed by atoms with E-state index in [-0.39, 0.29) is 5.91 Å². The fourth-order valence-corrected chi connectivity index (χ4v) is 2.42. The lowest BCUT2D eigenvalue weighted by atomic mass is 10.2. The van der Waals surface area contributed by atoms with Gasteiger partial charge >= 0.3 is 0 Å². The van der Waals surface area contributed by atoms with E-state index in [9.17, 15) is 4.79 Å². The van der Waals surface area contributed by atoms with Gasteiger partial charge in [-0.1, -0.05) is 29.3 Å². The van der Waals surface area contributed by atoms with Crippen LogP contribution < -0.4 is 15.4 Å². The summed E-state index contributed by atoms with van der Waals surface area (Å²) in [6.45, 7) is 0. The van der Waals surface area contributed by atoms with Crippen molar-refractivity contribution in [3.8, 4) is 5.75 Å². The highest BCUT2D eigenvalue weighted by Gasteiger charge is 2.09. The Morgan fingerprint density at radius 3 is 2.46 bits per heavy atom. The molecule has 2 N–H and O–H groups in total. The molecule has 0 spiro atoms. The lowest BCUT2D eigenvalue weighted by molar-refractivity contribution is 0.102. The van der Waals surface area contributed by atoms with Crippen molar-refractivity contribution < 1.29 is 9.53 Å². The minimum absolute atomic E-state index is 0.320. The normalized spacial score (nSPS) is 10.3. The van der Waals surface area contributed by atoms with Crippen LogP contribution in [0.25, 0.3) is 0 Å². The number of carbonyl (C=O) groups excluding carboxylic acids is 1. The molecule has 0 saturated carbocycles. The molecule has 0 aliphatic rings. The maximum atomic E-state index is 12.3. The molecule has 3 rings (SSSR count). The molecule has 0 atom stereocenters. The topological polar surface area (TPSA) is 76.1 Å². The number of hydrogen-bond donors (Lipinski definition) is 2. The summed E-state index contributed by atoms with van der Waals surface area (Å²) in [4.78, 5) is 20.6. The minimum Gasteiger partial charge on any atom is -0.497 e. The number of nitrogens with zero attached hydrogens (tertiary/aromatic N) is 2. The van der Waals surface area contributed by atoms with Gasteiger partial charge in [-0.2, -0.15) is 0 Å². The maximum Gasteiger partial charge on any atom is 0.258 e. The second-order valence-corrected chi connectivity index (χ2v) is 6.05. The van der Waals surface area contributed by atoms with Gasteiger partial charge in [0, 0.05) is 29.8 Å². The van der Waals surface area contributed by atoms with E-state index in [0.29, 0.717) is 38.7 Å². The van der Waals surface area contributed by atoms with Crippen LogP contribution in [0.15, 0.2) is 54.9 Å². The summed E-state index contributed by atoms with van der Waals surface area (Å²) in [6.07, 6.45) is 2.87. The molecule has 6 nitrogen and oxygen atoms in total. The van der Waals surface area contributed by atoms with Crippen LogP contribution >= 0.6 is 23.2 Å². The number of anilines is 3. The van der Waals surface area contributed by atoms with Crippen LogP contribution in [0.5, 0.6) is 5.75 Å². The van der Waals surface area contributed by atoms with Gasteiger partial charge in [0.05, 0.1) is 22.7 Å². The maximum absolute atomic E-state index is 12.3. The highest BCUT2D eigenvalue weighted by Crippen LogP contribution is 2.26. The van der Waals surface area contributed by atoms with Crippen molar-refractivity contribution in [2.24, 2.45) is 0 Å². The Balaban J connectivity index is 1.68. The van der Waals surface area contributed by atoms with Crippen LogP contribution in [0.2, 0.25) is 10.0 Å². The zero-order valence-electron chi connectivity index (χ0n) is 13.7. The molecule has 3 aromatic rings. The van der Waals surface area contributed by atoms with Crippen molar-refractivity contribution in [1.82, 2.24) is 9.97 Å². The quantitative estimate of drug-likeness (QED) is 0.656. The van der Waals surface area contributed by atoms with Gasteiger partial charge in [-0.15, -0.1) is 0 Å². The molecule has 8 heteroatoms. The smallest absolute Gasteiger partial charge is 0.258 e. The number of nitrogens with one attached hydrogen (secondary N) is 2. The molecule has 0 aliphatic heterocycles. The number of aromatic nitrogens is 2. The van der Waals surface area contributed by atoms with E-state index in [1.165, 1.54) is 12.4 Å². The number of rotatable bonds is 5. The minimum atomic E-state index is -0.320. The number of ether oxygens (including phenoxy) is 1. The average molecular weight is 389 g/mol. The standard InChI is InChI=1S/C18H14Cl2N4O2/c1-26-14-4-2-3-12(7-14)23-17(25)11-9-21-18(22-10-11)24-13-5-6-15(19)16(20)8-13/h2-10H,1H3,(H,23,25)(H,21,22,24). The van der Waals surface area contributed by atoms with E-state index in [2.05, 4.69) is 20.6 Å². The summed E-state index contributed by atoms with van der Waals surface area (Å²) in [5.41, 5.74) is 1.63. The molecule has 1 heterocycles. The molecule has 0 radical (unpaired) electrons. The van der Waals surface area contributed by atoms with Gasteiger partial charge in [-0.3, -0.25) is 4.79 Å². The summed E-state index contributed by atoms with van der Waals surface area (Å²) in [6, 6.07) is 12.2. The Hall–Kier alpha value is -2.83. The van der Waals surface area contributed by atoms with Gasteiger partial charge in [-0.05, 0) is 30.3 Å². The Kier molecular flexibility index (Phi) is 5.55. The highest BCUT2D eigenvalue weighted by atomic mass is 35.5. The third kappa shape index (κ3) is 4.41. The molecular weight excluding hydrogens is 375 g/mol. The Labute approximate surface area is 160 Å². The van der Waals surface area contributed by atoms with E-state index in [4.69, 9.17) is 27.9 Å². The van der Waals surface area contributed by atoms with Crippen molar-refractivity contribution in [2.45, 2.75) is 0 Å². The molecule has 0 unspecified atom stereocenters. The first-order valence-electron chi connectivity index (χ1n) is 7.54. The Bertz CT molecular complexity index is 933. The van der Waals surface area contributed by atoms with Crippen LogP contribution in [-0.2, 0) is 0 Å². The van der Waals surface area contributed by atoms with Gasteiger partial charge in [0.25, 0.3) is 5.91 Å². The zero-order chi connectivity index (χ0) is 18.5. The number of amides is 1. The first-order chi connectivity index (χ1) is 12.5. The molecular formula is C18H14Cl2N4O2. The zero-order valence-corrected chi connectivity index (χ0v) is 15.2. The van der Waals surface area contributed by atoms with E-state index < -0.39 is 0 Å². The van der Waals surface area contributed by atoms with E-state index >= 15 is 0 Å². The van der Waals surface area contributed by atoms with E-state index in [1.54, 1.807) is 49.6 Å². The fraction of sp³-hybridized carbons (Fsp3) is 0.0556. The van der Waals surface area contributed by atoms with Crippen molar-refractivity contribution in [1.29, 1.82) is 0 Å². The average Bonchev–Trinajstić information content (AvgIpc) is 2.65. The van der Waals surface area contributed by atoms with Gasteiger partial charge in [0.1, 0.15) is 5.75 Å². The lowest BCUT2D eigenvalue weighted by Gasteiger charge is -2.08. The van der Waals surface area contributed by atoms with Gasteiger partial charge in [0.2, 0.25) is 5.95 Å². The molecule has 0 fully saturated rings. The number of halogens is 2. The number of hydrogen-bond acceptors (Lipinski definition) is 5. The van der Waals surface area contributed by atoms with E-state index in [1.807, 2.05) is 0 Å². The van der Waals surface area contributed by atoms with Crippen LogP contribution in [0.4, 0.5) is 17.3 Å². The highest BCUT2D eigenvalue weighted by molar-refractivity contribution is 6.42. The van der Waals surface area contributed by atoms with Crippen LogP contribution in [0, 0.1) is 0 Å². The molecule has 1 amide bonds. The van der Waals surface area contributed by atoms with Crippen molar-refractivity contribution in [2.75, 3.05) is 17.7 Å². The Morgan fingerprint density at radius 1 is 1.00 bits per heavy atom. The molecule has 0 bridgehead atoms. The largest absolute Gasteiger partial charge is 0.497 e. The fourth-order valence-electron chi connectivity index (χ4n) is 2.12. The molecule has 0 aliphatic carbocycles. The van der Waals surface area contributed by atoms with Crippen LogP contribution in [0.3, 0.4) is 0 Å². The molecule has 1 aromatic heterocycles. The predicted octanol–water partition coefficient (Wildman–Crippen LogP) is 4.79. The predicted molar refractivity (Wildman–Crippen MR) is 103 cm³/mol.